The second kappa shape index (κ2) is 11.6. The highest BCUT2D eigenvalue weighted by molar-refractivity contribution is 5.95. The maximum atomic E-state index is 13.5. The standard InChI is InChI=1S/C28H32N6O6/c1-16-4-5-17-10-22(16)39-15-25(35)30-13-18-6-7-19(11-23(18)37-2)40-21-8-9-34(14-20(21)31-27(17)36)24-12-26(38-3)33-28(29)32-24/h4-7,10-12,20-21H,8-9,13-15H2,1-3H3,(H,30,35)(H,31,36)(H2,29,32,33)/t20-,21+/m0/s1. The molecule has 4 N–H and O–H groups in total. The van der Waals surface area contributed by atoms with E-state index in [1.54, 1.807) is 37.4 Å². The van der Waals surface area contributed by atoms with E-state index in [9.17, 15) is 9.59 Å². The predicted octanol–water partition coefficient (Wildman–Crippen LogP) is 1.85. The number of ether oxygens (including phenoxy) is 4. The number of methoxy groups -OCH3 is 2. The van der Waals surface area contributed by atoms with Gasteiger partial charge in [0.25, 0.3) is 11.8 Å². The van der Waals surface area contributed by atoms with Crippen molar-refractivity contribution in [2.75, 3.05) is 44.5 Å². The van der Waals surface area contributed by atoms with E-state index in [1.165, 1.54) is 7.11 Å². The lowest BCUT2D eigenvalue weighted by Gasteiger charge is -2.39. The van der Waals surface area contributed by atoms with E-state index in [-0.39, 0.29) is 37.0 Å². The molecule has 0 aliphatic carbocycles. The lowest BCUT2D eigenvalue weighted by molar-refractivity contribution is -0.123. The van der Waals surface area contributed by atoms with Gasteiger partial charge in [-0.15, -0.1) is 0 Å². The highest BCUT2D eigenvalue weighted by Crippen LogP contribution is 2.29. The highest BCUT2D eigenvalue weighted by atomic mass is 16.5. The summed E-state index contributed by atoms with van der Waals surface area (Å²) in [6, 6.07) is 11.9. The second-order valence-corrected chi connectivity index (χ2v) is 9.62. The Morgan fingerprint density at radius 3 is 2.73 bits per heavy atom. The van der Waals surface area contributed by atoms with Crippen LogP contribution in [0.4, 0.5) is 11.8 Å². The number of carbonyl (C=O) groups is 2. The van der Waals surface area contributed by atoms with Crippen molar-refractivity contribution in [2.45, 2.75) is 32.0 Å². The monoisotopic (exact) mass is 548 g/mol. The van der Waals surface area contributed by atoms with E-state index in [4.69, 9.17) is 24.7 Å². The molecule has 3 aliphatic heterocycles. The highest BCUT2D eigenvalue weighted by Gasteiger charge is 2.34. The van der Waals surface area contributed by atoms with E-state index in [2.05, 4.69) is 20.6 Å². The maximum absolute atomic E-state index is 13.5. The molecule has 210 valence electrons. The summed E-state index contributed by atoms with van der Waals surface area (Å²) in [4.78, 5) is 36.4. The van der Waals surface area contributed by atoms with Gasteiger partial charge in [-0.05, 0) is 36.8 Å². The Hall–Kier alpha value is -4.74. The predicted molar refractivity (Wildman–Crippen MR) is 147 cm³/mol. The fourth-order valence-electron chi connectivity index (χ4n) is 4.77. The molecule has 0 radical (unpaired) electrons. The third-order valence-corrected chi connectivity index (χ3v) is 6.94. The van der Waals surface area contributed by atoms with Crippen LogP contribution in [-0.4, -0.2) is 67.8 Å². The number of aryl methyl sites for hydroxylation is 1. The lowest BCUT2D eigenvalue weighted by Crippen LogP contribution is -2.57. The summed E-state index contributed by atoms with van der Waals surface area (Å²) in [5.74, 6) is 2.06. The number of nitrogens with one attached hydrogen (secondary N) is 2. The molecule has 2 aromatic carbocycles. The van der Waals surface area contributed by atoms with Crippen LogP contribution < -0.4 is 40.2 Å². The summed E-state index contributed by atoms with van der Waals surface area (Å²) in [5.41, 5.74) is 7.90. The van der Waals surface area contributed by atoms with Crippen LogP contribution in [-0.2, 0) is 11.3 Å². The Bertz CT molecular complexity index is 1420. The number of rotatable bonds is 3. The number of piperidine rings is 1. The number of nitrogens with two attached hydrogens (primary N) is 1. The summed E-state index contributed by atoms with van der Waals surface area (Å²) in [6.07, 6.45) is 0.230. The van der Waals surface area contributed by atoms with Crippen molar-refractivity contribution >= 4 is 23.6 Å². The van der Waals surface area contributed by atoms with Crippen LogP contribution in [0.2, 0.25) is 0 Å². The minimum Gasteiger partial charge on any atom is -0.496 e. The Kier molecular flexibility index (Phi) is 7.76. The van der Waals surface area contributed by atoms with Crippen LogP contribution in [0.1, 0.15) is 27.9 Å². The van der Waals surface area contributed by atoms with Crippen LogP contribution in [0.5, 0.6) is 23.1 Å². The molecule has 1 fully saturated rings. The molecule has 12 heteroatoms. The topological polar surface area (TPSA) is 150 Å². The van der Waals surface area contributed by atoms with Crippen molar-refractivity contribution in [3.63, 3.8) is 0 Å². The molecule has 3 aliphatic rings. The number of benzene rings is 2. The Balaban J connectivity index is 1.49. The first kappa shape index (κ1) is 26.9. The molecule has 2 amide bonds. The van der Waals surface area contributed by atoms with Gasteiger partial charge < -0.3 is 40.2 Å². The van der Waals surface area contributed by atoms with E-state index in [1.807, 2.05) is 24.0 Å². The van der Waals surface area contributed by atoms with Gasteiger partial charge in [0.2, 0.25) is 11.8 Å². The molecular weight excluding hydrogens is 516 g/mol. The molecule has 0 unspecified atom stereocenters. The SMILES string of the molecule is COc1cc(N2CC[C@H]3Oc4ccc(c(OC)c4)CNC(=O)COc4cc(ccc4C)C(=O)N[C@H]3C2)nc(N)n1. The Labute approximate surface area is 231 Å². The third kappa shape index (κ3) is 5.95. The number of nitrogens with zero attached hydrogens (tertiary/aromatic N) is 3. The average molecular weight is 549 g/mol. The average Bonchev–Trinajstić information content (AvgIpc) is 2.96. The van der Waals surface area contributed by atoms with E-state index >= 15 is 0 Å². The van der Waals surface area contributed by atoms with Gasteiger partial charge in [0.15, 0.2) is 6.61 Å². The zero-order valence-corrected chi connectivity index (χ0v) is 22.6. The Morgan fingerprint density at radius 2 is 1.93 bits per heavy atom. The quantitative estimate of drug-likeness (QED) is 0.442. The van der Waals surface area contributed by atoms with Gasteiger partial charge in [0, 0.05) is 49.3 Å². The summed E-state index contributed by atoms with van der Waals surface area (Å²) < 4.78 is 23.0. The number of carbonyl (C=O) groups excluding carboxylic acids is 2. The fraction of sp³-hybridized carbons (Fsp3) is 0.357. The molecule has 1 aromatic heterocycles. The second-order valence-electron chi connectivity index (χ2n) is 9.62. The van der Waals surface area contributed by atoms with Crippen molar-refractivity contribution in [2.24, 2.45) is 0 Å². The smallest absolute Gasteiger partial charge is 0.258 e. The van der Waals surface area contributed by atoms with Crippen molar-refractivity contribution in [1.82, 2.24) is 20.6 Å². The molecule has 3 aromatic rings. The normalized spacial score (nSPS) is 19.3. The van der Waals surface area contributed by atoms with Crippen LogP contribution in [0.25, 0.3) is 0 Å². The lowest BCUT2D eigenvalue weighted by atomic mass is 10.0. The largest absolute Gasteiger partial charge is 0.496 e. The zero-order valence-electron chi connectivity index (χ0n) is 22.6. The molecule has 4 bridgehead atoms. The number of anilines is 2. The summed E-state index contributed by atoms with van der Waals surface area (Å²) in [6.45, 7) is 2.92. The van der Waals surface area contributed by atoms with Gasteiger partial charge in [-0.25, -0.2) is 0 Å². The number of hydrogen-bond donors (Lipinski definition) is 3. The molecule has 1 saturated heterocycles. The van der Waals surface area contributed by atoms with Crippen LogP contribution in [0.15, 0.2) is 42.5 Å². The van der Waals surface area contributed by atoms with E-state index in [0.717, 1.165) is 11.1 Å². The number of hydrogen-bond acceptors (Lipinski definition) is 10. The molecular formula is C28H32N6O6. The molecule has 2 atom stereocenters. The molecule has 0 spiro atoms. The number of amides is 2. The number of nitrogen functional groups attached to an aromatic ring is 1. The van der Waals surface area contributed by atoms with Gasteiger partial charge in [0.05, 0.1) is 20.3 Å². The fourth-order valence-corrected chi connectivity index (χ4v) is 4.77. The van der Waals surface area contributed by atoms with Crippen molar-refractivity contribution in [1.29, 1.82) is 0 Å². The first-order chi connectivity index (χ1) is 19.3. The molecule has 6 rings (SSSR count). The first-order valence-electron chi connectivity index (χ1n) is 12.9. The molecule has 40 heavy (non-hydrogen) atoms. The zero-order chi connectivity index (χ0) is 28.2. The molecule has 0 saturated carbocycles. The number of fused-ring (bicyclic) bond motifs is 7. The van der Waals surface area contributed by atoms with Crippen LogP contribution >= 0.6 is 0 Å². The van der Waals surface area contributed by atoms with Gasteiger partial charge in [-0.3, -0.25) is 9.59 Å². The van der Waals surface area contributed by atoms with E-state index < -0.39 is 6.04 Å². The summed E-state index contributed by atoms with van der Waals surface area (Å²) >= 11 is 0. The third-order valence-electron chi connectivity index (χ3n) is 6.94. The van der Waals surface area contributed by atoms with Gasteiger partial charge in [-0.2, -0.15) is 9.97 Å². The summed E-state index contributed by atoms with van der Waals surface area (Å²) in [7, 11) is 3.08. The molecule has 12 nitrogen and oxygen atoms in total. The van der Waals surface area contributed by atoms with Gasteiger partial charge in [-0.1, -0.05) is 6.07 Å². The van der Waals surface area contributed by atoms with E-state index in [0.29, 0.717) is 54.0 Å². The van der Waals surface area contributed by atoms with Gasteiger partial charge >= 0.3 is 0 Å². The van der Waals surface area contributed by atoms with Crippen LogP contribution in [0.3, 0.4) is 0 Å². The number of aromatic nitrogens is 2. The molecule has 4 heterocycles. The summed E-state index contributed by atoms with van der Waals surface area (Å²) in [5, 5.41) is 5.98. The van der Waals surface area contributed by atoms with Gasteiger partial charge in [0.1, 0.15) is 29.2 Å². The first-order valence-corrected chi connectivity index (χ1v) is 12.9. The van der Waals surface area contributed by atoms with Crippen LogP contribution in [0, 0.1) is 6.92 Å². The van der Waals surface area contributed by atoms with Crippen molar-refractivity contribution < 1.29 is 28.5 Å². The Morgan fingerprint density at radius 1 is 1.07 bits per heavy atom. The van der Waals surface area contributed by atoms with Crippen molar-refractivity contribution in [3.8, 4) is 23.1 Å². The minimum absolute atomic E-state index is 0.0954. The minimum atomic E-state index is -0.418. The van der Waals surface area contributed by atoms with Crippen molar-refractivity contribution in [3.05, 3.63) is 59.2 Å². The maximum Gasteiger partial charge on any atom is 0.258 e.